The van der Waals surface area contributed by atoms with Crippen LogP contribution in [0.4, 0.5) is 17.5 Å². The van der Waals surface area contributed by atoms with Gasteiger partial charge in [-0.15, -0.1) is 5.10 Å². The van der Waals surface area contributed by atoms with Crippen LogP contribution in [0.2, 0.25) is 0 Å². The van der Waals surface area contributed by atoms with E-state index in [1.54, 1.807) is 18.3 Å². The van der Waals surface area contributed by atoms with Gasteiger partial charge in [0, 0.05) is 12.2 Å². The zero-order valence-corrected chi connectivity index (χ0v) is 16.3. The van der Waals surface area contributed by atoms with Gasteiger partial charge in [0.05, 0.1) is 11.1 Å². The summed E-state index contributed by atoms with van der Waals surface area (Å²) < 4.78 is 22.6. The molecule has 0 saturated carbocycles. The third-order valence-electron chi connectivity index (χ3n) is 4.15. The predicted molar refractivity (Wildman–Crippen MR) is 109 cm³/mol. The highest BCUT2D eigenvalue weighted by Gasteiger charge is 2.07. The first-order valence-electron chi connectivity index (χ1n) is 8.85. The quantitative estimate of drug-likeness (QED) is 0.532. The summed E-state index contributed by atoms with van der Waals surface area (Å²) in [5, 5.41) is 19.4. The van der Waals surface area contributed by atoms with E-state index in [9.17, 15) is 8.42 Å². The molecule has 0 saturated heterocycles. The molecule has 0 spiro atoms. The number of nitrogens with one attached hydrogen (secondary N) is 2. The summed E-state index contributed by atoms with van der Waals surface area (Å²) in [4.78, 5) is 4.50. The highest BCUT2D eigenvalue weighted by Crippen LogP contribution is 2.15. The van der Waals surface area contributed by atoms with E-state index in [1.165, 1.54) is 17.7 Å². The molecule has 9 heteroatoms. The lowest BCUT2D eigenvalue weighted by molar-refractivity contribution is 0.598. The average molecular weight is 398 g/mol. The van der Waals surface area contributed by atoms with Crippen LogP contribution in [0.3, 0.4) is 0 Å². The van der Waals surface area contributed by atoms with Crippen LogP contribution in [0.1, 0.15) is 18.1 Å². The van der Waals surface area contributed by atoms with Crippen molar-refractivity contribution in [3.8, 4) is 0 Å². The van der Waals surface area contributed by atoms with Crippen LogP contribution in [-0.2, 0) is 22.9 Å². The standard InChI is InChI=1S/C19H22N6O2S/c1-2-14-3-7-16(8-4-14)23-19-24-18(13-22-25-19)21-12-11-15-5-9-17(10-6-15)28(20,26)27/h3-10,13H,2,11-12H2,1H3,(H2,20,26,27)(H2,21,23,24,25). The summed E-state index contributed by atoms with van der Waals surface area (Å²) in [5.41, 5.74) is 3.14. The van der Waals surface area contributed by atoms with Crippen molar-refractivity contribution in [2.75, 3.05) is 17.2 Å². The summed E-state index contributed by atoms with van der Waals surface area (Å²) in [6.07, 6.45) is 3.23. The van der Waals surface area contributed by atoms with E-state index in [2.05, 4.69) is 44.9 Å². The van der Waals surface area contributed by atoms with Gasteiger partial charge in [-0.25, -0.2) is 13.6 Å². The summed E-state index contributed by atoms with van der Waals surface area (Å²) >= 11 is 0. The fourth-order valence-electron chi connectivity index (χ4n) is 2.58. The largest absolute Gasteiger partial charge is 0.368 e. The van der Waals surface area contributed by atoms with Crippen LogP contribution < -0.4 is 15.8 Å². The minimum absolute atomic E-state index is 0.104. The van der Waals surface area contributed by atoms with Crippen LogP contribution in [-0.4, -0.2) is 30.1 Å². The molecule has 3 rings (SSSR count). The molecule has 0 amide bonds. The average Bonchev–Trinajstić information content (AvgIpc) is 2.69. The van der Waals surface area contributed by atoms with Crippen LogP contribution in [0.25, 0.3) is 0 Å². The molecule has 28 heavy (non-hydrogen) atoms. The summed E-state index contributed by atoms with van der Waals surface area (Å²) in [7, 11) is -3.67. The number of benzene rings is 2. The molecular formula is C19H22N6O2S. The van der Waals surface area contributed by atoms with Crippen molar-refractivity contribution in [1.29, 1.82) is 0 Å². The Morgan fingerprint density at radius 2 is 1.68 bits per heavy atom. The number of aryl methyl sites for hydroxylation is 1. The first-order chi connectivity index (χ1) is 13.4. The fourth-order valence-corrected chi connectivity index (χ4v) is 3.09. The van der Waals surface area contributed by atoms with Crippen molar-refractivity contribution >= 4 is 27.5 Å². The third-order valence-corrected chi connectivity index (χ3v) is 5.08. The van der Waals surface area contributed by atoms with Crippen LogP contribution in [0, 0.1) is 0 Å². The van der Waals surface area contributed by atoms with Gasteiger partial charge >= 0.3 is 0 Å². The van der Waals surface area contributed by atoms with E-state index in [0.29, 0.717) is 24.7 Å². The van der Waals surface area contributed by atoms with Gasteiger partial charge in [-0.2, -0.15) is 10.1 Å². The Morgan fingerprint density at radius 1 is 1.00 bits per heavy atom. The molecular weight excluding hydrogens is 376 g/mol. The number of rotatable bonds is 8. The number of sulfonamides is 1. The summed E-state index contributed by atoms with van der Waals surface area (Å²) in [5.74, 6) is 1.01. The second-order valence-electron chi connectivity index (χ2n) is 6.21. The molecule has 0 aliphatic heterocycles. The third kappa shape index (κ3) is 5.48. The van der Waals surface area contributed by atoms with Gasteiger partial charge in [0.15, 0.2) is 5.82 Å². The van der Waals surface area contributed by atoms with E-state index < -0.39 is 10.0 Å². The smallest absolute Gasteiger partial charge is 0.249 e. The molecule has 146 valence electrons. The molecule has 0 aliphatic carbocycles. The SMILES string of the molecule is CCc1ccc(Nc2nncc(NCCc3ccc(S(N)(=O)=O)cc3)n2)cc1. The Kier molecular flexibility index (Phi) is 6.17. The van der Waals surface area contributed by atoms with Gasteiger partial charge in [-0.1, -0.05) is 31.2 Å². The van der Waals surface area contributed by atoms with Crippen molar-refractivity contribution < 1.29 is 8.42 Å². The predicted octanol–water partition coefficient (Wildman–Crippen LogP) is 2.48. The monoisotopic (exact) mass is 398 g/mol. The second-order valence-corrected chi connectivity index (χ2v) is 7.77. The van der Waals surface area contributed by atoms with E-state index in [4.69, 9.17) is 5.14 Å². The summed E-state index contributed by atoms with van der Waals surface area (Å²) in [6.45, 7) is 2.72. The fraction of sp³-hybridized carbons (Fsp3) is 0.211. The Hall–Kier alpha value is -3.04. The number of nitrogens with zero attached hydrogens (tertiary/aromatic N) is 3. The van der Waals surface area contributed by atoms with Crippen molar-refractivity contribution in [2.45, 2.75) is 24.7 Å². The van der Waals surface area contributed by atoms with Crippen LogP contribution in [0.5, 0.6) is 0 Å². The zero-order valence-electron chi connectivity index (χ0n) is 15.5. The van der Waals surface area contributed by atoms with E-state index in [1.807, 2.05) is 12.1 Å². The zero-order chi connectivity index (χ0) is 20.0. The topological polar surface area (TPSA) is 123 Å². The maximum atomic E-state index is 11.3. The second kappa shape index (κ2) is 8.77. The number of primary sulfonamides is 1. The van der Waals surface area contributed by atoms with E-state index in [0.717, 1.165) is 17.7 Å². The molecule has 1 aromatic heterocycles. The molecule has 0 radical (unpaired) electrons. The van der Waals surface area contributed by atoms with Gasteiger partial charge in [-0.3, -0.25) is 0 Å². The lowest BCUT2D eigenvalue weighted by Gasteiger charge is -2.08. The van der Waals surface area contributed by atoms with Gasteiger partial charge < -0.3 is 10.6 Å². The lowest BCUT2D eigenvalue weighted by atomic mass is 10.1. The number of hydrogen-bond donors (Lipinski definition) is 3. The number of aromatic nitrogens is 3. The van der Waals surface area contributed by atoms with Gasteiger partial charge in [-0.05, 0) is 48.2 Å². The summed E-state index contributed by atoms with van der Waals surface area (Å²) in [6, 6.07) is 14.6. The Balaban J connectivity index is 1.55. The minimum Gasteiger partial charge on any atom is -0.368 e. The van der Waals surface area contributed by atoms with Gasteiger partial charge in [0.2, 0.25) is 16.0 Å². The first kappa shape index (κ1) is 19.7. The number of anilines is 3. The normalized spacial score (nSPS) is 11.2. The van der Waals surface area contributed by atoms with Crippen molar-refractivity contribution in [3.63, 3.8) is 0 Å². The maximum Gasteiger partial charge on any atom is 0.249 e. The molecule has 0 bridgehead atoms. The highest BCUT2D eigenvalue weighted by atomic mass is 32.2. The first-order valence-corrected chi connectivity index (χ1v) is 10.4. The highest BCUT2D eigenvalue weighted by molar-refractivity contribution is 7.89. The molecule has 8 nitrogen and oxygen atoms in total. The lowest BCUT2D eigenvalue weighted by Crippen LogP contribution is -2.12. The number of nitrogens with two attached hydrogens (primary N) is 1. The van der Waals surface area contributed by atoms with Crippen molar-refractivity contribution in [2.24, 2.45) is 5.14 Å². The molecule has 0 atom stereocenters. The van der Waals surface area contributed by atoms with Gasteiger partial charge in [0.25, 0.3) is 0 Å². The minimum atomic E-state index is -3.67. The van der Waals surface area contributed by atoms with E-state index >= 15 is 0 Å². The molecule has 4 N–H and O–H groups in total. The molecule has 3 aromatic rings. The van der Waals surface area contributed by atoms with Gasteiger partial charge in [0.1, 0.15) is 0 Å². The Labute approximate surface area is 164 Å². The Morgan fingerprint density at radius 3 is 2.32 bits per heavy atom. The van der Waals surface area contributed by atoms with Crippen molar-refractivity contribution in [1.82, 2.24) is 15.2 Å². The molecule has 1 heterocycles. The molecule has 2 aromatic carbocycles. The van der Waals surface area contributed by atoms with Crippen LogP contribution >= 0.6 is 0 Å². The van der Waals surface area contributed by atoms with E-state index in [-0.39, 0.29) is 4.90 Å². The number of hydrogen-bond acceptors (Lipinski definition) is 7. The Bertz CT molecular complexity index is 1020. The molecule has 0 fully saturated rings. The van der Waals surface area contributed by atoms with Crippen molar-refractivity contribution in [3.05, 3.63) is 65.9 Å². The van der Waals surface area contributed by atoms with Crippen LogP contribution in [0.15, 0.2) is 59.6 Å². The molecule has 0 unspecified atom stereocenters. The maximum absolute atomic E-state index is 11.3. The molecule has 0 aliphatic rings.